The second-order valence-corrected chi connectivity index (χ2v) is 7.53. The Hall–Kier alpha value is -4.59. The van der Waals surface area contributed by atoms with Crippen LogP contribution in [0.15, 0.2) is 47.7 Å². The average Bonchev–Trinajstić information content (AvgIpc) is 3.40. The van der Waals surface area contributed by atoms with Crippen LogP contribution in [0, 0.1) is 18.2 Å². The number of benzene rings is 2. The number of hydrogen-bond acceptors (Lipinski definition) is 5. The fourth-order valence-corrected chi connectivity index (χ4v) is 4.22. The van der Waals surface area contributed by atoms with E-state index in [-0.39, 0.29) is 35.9 Å². The molecule has 33 heavy (non-hydrogen) atoms. The molecular weight excluding hydrogens is 432 g/mol. The van der Waals surface area contributed by atoms with Crippen LogP contribution in [0.5, 0.6) is 5.75 Å². The molecule has 4 heterocycles. The second-order valence-electron chi connectivity index (χ2n) is 7.53. The van der Waals surface area contributed by atoms with Crippen molar-refractivity contribution < 1.29 is 13.5 Å². The topological polar surface area (TPSA) is 95.0 Å². The van der Waals surface area contributed by atoms with Crippen molar-refractivity contribution in [1.29, 1.82) is 0 Å². The summed E-state index contributed by atoms with van der Waals surface area (Å²) in [5.41, 5.74) is 1.72. The number of aromatic amines is 1. The summed E-state index contributed by atoms with van der Waals surface area (Å²) in [6.07, 6.45) is 3.22. The lowest BCUT2D eigenvalue weighted by Gasteiger charge is -2.27. The molecule has 9 nitrogen and oxygen atoms in total. The summed E-state index contributed by atoms with van der Waals surface area (Å²) in [5.74, 6) is -1.35. The molecule has 1 aliphatic rings. The van der Waals surface area contributed by atoms with Gasteiger partial charge in [-0.15, -0.1) is 0 Å². The van der Waals surface area contributed by atoms with Gasteiger partial charge in [-0.2, -0.15) is 4.98 Å². The molecule has 0 radical (unpaired) electrons. The number of nitrogens with one attached hydrogen (secondary N) is 1. The van der Waals surface area contributed by atoms with E-state index in [9.17, 15) is 13.6 Å². The van der Waals surface area contributed by atoms with Gasteiger partial charge in [0.05, 0.1) is 42.0 Å². The molecule has 2 aromatic carbocycles. The van der Waals surface area contributed by atoms with Gasteiger partial charge < -0.3 is 9.72 Å². The molecule has 11 heteroatoms. The third-order valence-electron chi connectivity index (χ3n) is 5.70. The Kier molecular flexibility index (Phi) is 4.03. The van der Waals surface area contributed by atoms with Gasteiger partial charge in [0, 0.05) is 6.42 Å². The minimum Gasteiger partial charge on any atom is -0.490 e. The van der Waals surface area contributed by atoms with Crippen LogP contribution < -0.4 is 10.4 Å². The molecule has 0 spiro atoms. The number of aromatic nitrogens is 6. The number of H-pyrrole nitrogens is 1. The second kappa shape index (κ2) is 6.96. The van der Waals surface area contributed by atoms with Crippen molar-refractivity contribution >= 4 is 27.9 Å². The highest BCUT2D eigenvalue weighted by Crippen LogP contribution is 2.38. The molecular formula is C22H13F2N7O2. The lowest BCUT2D eigenvalue weighted by Crippen LogP contribution is -2.29. The molecule has 6 rings (SSSR count). The Labute approximate surface area is 183 Å². The van der Waals surface area contributed by atoms with E-state index >= 15 is 0 Å². The first-order chi connectivity index (χ1) is 16.0. The van der Waals surface area contributed by atoms with Crippen molar-refractivity contribution in [2.75, 3.05) is 6.61 Å². The Morgan fingerprint density at radius 1 is 1.18 bits per heavy atom. The van der Waals surface area contributed by atoms with Gasteiger partial charge in [-0.05, 0) is 24.3 Å². The Morgan fingerprint density at radius 3 is 2.88 bits per heavy atom. The van der Waals surface area contributed by atoms with Gasteiger partial charge in [0.25, 0.3) is 0 Å². The molecule has 1 aliphatic heterocycles. The van der Waals surface area contributed by atoms with E-state index in [0.29, 0.717) is 22.2 Å². The number of nitrogens with zero attached hydrogens (tertiary/aromatic N) is 6. The summed E-state index contributed by atoms with van der Waals surface area (Å²) in [6.45, 7) is 7.36. The van der Waals surface area contributed by atoms with Crippen molar-refractivity contribution in [3.8, 4) is 11.7 Å². The van der Waals surface area contributed by atoms with Crippen LogP contribution in [-0.4, -0.2) is 35.7 Å². The molecule has 1 unspecified atom stereocenters. The zero-order chi connectivity index (χ0) is 22.7. The van der Waals surface area contributed by atoms with Crippen molar-refractivity contribution in [2.24, 2.45) is 0 Å². The Balaban J connectivity index is 1.57. The van der Waals surface area contributed by atoms with Crippen LogP contribution in [0.25, 0.3) is 33.0 Å². The molecule has 5 aromatic rings. The van der Waals surface area contributed by atoms with Crippen LogP contribution >= 0.6 is 0 Å². The summed E-state index contributed by atoms with van der Waals surface area (Å²) < 4.78 is 37.3. The zero-order valence-corrected chi connectivity index (χ0v) is 16.8. The molecule has 0 fully saturated rings. The minimum absolute atomic E-state index is 0.0285. The zero-order valence-electron chi connectivity index (χ0n) is 16.8. The third-order valence-corrected chi connectivity index (χ3v) is 5.70. The van der Waals surface area contributed by atoms with Crippen LogP contribution in [0.1, 0.15) is 18.0 Å². The van der Waals surface area contributed by atoms with Gasteiger partial charge in [-0.1, -0.05) is 6.07 Å². The Bertz CT molecular complexity index is 1680. The first kappa shape index (κ1) is 19.1. The molecule has 0 saturated heterocycles. The molecule has 0 bridgehead atoms. The number of rotatable bonds is 2. The fraction of sp³-hybridized carbons (Fsp3) is 0.136. The Morgan fingerprint density at radius 2 is 2.03 bits per heavy atom. The van der Waals surface area contributed by atoms with Crippen LogP contribution in [0.4, 0.5) is 14.5 Å². The molecule has 0 amide bonds. The molecule has 3 aromatic heterocycles. The SMILES string of the molecule is [C-]#[N+]c1ccc2ncn(-c3ncc4[nH]c(=O)n(C5CCOc6c(F)ccc(F)c65)c4n3)c2c1. The lowest BCUT2D eigenvalue weighted by atomic mass is 9.99. The fourth-order valence-electron chi connectivity index (χ4n) is 4.22. The maximum atomic E-state index is 14.7. The first-order valence-corrected chi connectivity index (χ1v) is 9.98. The van der Waals surface area contributed by atoms with Gasteiger partial charge in [0.15, 0.2) is 22.9 Å². The van der Waals surface area contributed by atoms with E-state index in [2.05, 4.69) is 24.8 Å². The van der Waals surface area contributed by atoms with E-state index in [1.165, 1.54) is 17.1 Å². The maximum absolute atomic E-state index is 14.7. The predicted molar refractivity (Wildman–Crippen MR) is 114 cm³/mol. The van der Waals surface area contributed by atoms with Gasteiger partial charge in [0.1, 0.15) is 17.7 Å². The highest BCUT2D eigenvalue weighted by Gasteiger charge is 2.32. The molecule has 0 aliphatic carbocycles. The van der Waals surface area contributed by atoms with E-state index in [1.54, 1.807) is 22.8 Å². The third kappa shape index (κ3) is 2.81. The standard InChI is InChI=1S/C22H13F2N7O2/c1-25-11-2-5-14-17(8-11)30(10-27-14)21-26-9-15-20(29-21)31(22(32)28-15)16-6-7-33-19-13(24)4-3-12(23)18(16)19/h2-5,8-10,16H,6-7H2,(H,28,32). The lowest BCUT2D eigenvalue weighted by molar-refractivity contribution is 0.238. The minimum atomic E-state index is -0.818. The maximum Gasteiger partial charge on any atom is 0.328 e. The van der Waals surface area contributed by atoms with Crippen molar-refractivity contribution in [3.05, 3.63) is 82.0 Å². The molecule has 1 atom stereocenters. The van der Waals surface area contributed by atoms with Gasteiger partial charge in [-0.3, -0.25) is 9.13 Å². The summed E-state index contributed by atoms with van der Waals surface area (Å²) in [6, 6.07) is 6.25. The highest BCUT2D eigenvalue weighted by atomic mass is 19.1. The van der Waals surface area contributed by atoms with Crippen molar-refractivity contribution in [3.63, 3.8) is 0 Å². The van der Waals surface area contributed by atoms with Gasteiger partial charge >= 0.3 is 5.69 Å². The number of fused-ring (bicyclic) bond motifs is 3. The quantitative estimate of drug-likeness (QED) is 0.419. The van der Waals surface area contributed by atoms with E-state index in [4.69, 9.17) is 11.3 Å². The number of ether oxygens (including phenoxy) is 1. The summed E-state index contributed by atoms with van der Waals surface area (Å²) in [5, 5.41) is 0. The van der Waals surface area contributed by atoms with Gasteiger partial charge in [0.2, 0.25) is 5.95 Å². The van der Waals surface area contributed by atoms with E-state index in [0.717, 1.165) is 12.1 Å². The first-order valence-electron chi connectivity index (χ1n) is 9.98. The largest absolute Gasteiger partial charge is 0.490 e. The van der Waals surface area contributed by atoms with E-state index in [1.807, 2.05) is 0 Å². The average molecular weight is 445 g/mol. The highest BCUT2D eigenvalue weighted by molar-refractivity contribution is 5.81. The number of hydrogen-bond donors (Lipinski definition) is 1. The number of imidazole rings is 2. The monoisotopic (exact) mass is 445 g/mol. The van der Waals surface area contributed by atoms with Crippen molar-refractivity contribution in [2.45, 2.75) is 12.5 Å². The summed E-state index contributed by atoms with van der Waals surface area (Å²) in [4.78, 5) is 32.2. The van der Waals surface area contributed by atoms with Crippen LogP contribution in [0.3, 0.4) is 0 Å². The normalized spacial score (nSPS) is 15.4. The molecule has 162 valence electrons. The van der Waals surface area contributed by atoms with Gasteiger partial charge in [-0.25, -0.2) is 28.4 Å². The molecule has 0 saturated carbocycles. The molecule has 1 N–H and O–H groups in total. The van der Waals surface area contributed by atoms with E-state index < -0.39 is 23.4 Å². The predicted octanol–water partition coefficient (Wildman–Crippen LogP) is 3.66. The van der Waals surface area contributed by atoms with Crippen LogP contribution in [0.2, 0.25) is 0 Å². The van der Waals surface area contributed by atoms with Crippen LogP contribution in [-0.2, 0) is 0 Å². The smallest absolute Gasteiger partial charge is 0.328 e. The summed E-state index contributed by atoms with van der Waals surface area (Å²) >= 11 is 0. The summed E-state index contributed by atoms with van der Waals surface area (Å²) in [7, 11) is 0. The number of halogens is 2. The van der Waals surface area contributed by atoms with Crippen molar-refractivity contribution in [1.82, 2.24) is 29.1 Å².